The molecule has 2 aromatic rings. The van der Waals surface area contributed by atoms with Crippen LogP contribution in [0.1, 0.15) is 20.1 Å². The van der Waals surface area contributed by atoms with Gasteiger partial charge < -0.3 is 30.1 Å². The monoisotopic (exact) mass is 407 g/mol. The number of phosphoric acid groups is 1. The van der Waals surface area contributed by atoms with Gasteiger partial charge in [0.05, 0.1) is 19.5 Å². The van der Waals surface area contributed by atoms with Gasteiger partial charge in [0.25, 0.3) is 0 Å². The molecule has 0 radical (unpaired) electrons. The summed E-state index contributed by atoms with van der Waals surface area (Å²) in [6, 6.07) is 0. The molecule has 0 saturated carbocycles. The molecule has 12 nitrogen and oxygen atoms in total. The molecule has 1 aliphatic rings. The maximum atomic E-state index is 15.2. The van der Waals surface area contributed by atoms with Crippen LogP contribution in [-0.4, -0.2) is 65.5 Å². The van der Waals surface area contributed by atoms with Crippen molar-refractivity contribution in [2.24, 2.45) is 0 Å². The first kappa shape index (κ1) is 19.9. The number of rotatable bonds is 6. The minimum atomic E-state index is -4.81. The van der Waals surface area contributed by atoms with Gasteiger partial charge in [-0.15, -0.1) is 0 Å². The predicted octanol–water partition coefficient (Wildman–Crippen LogP) is -0.0970. The van der Waals surface area contributed by atoms with Crippen LogP contribution < -0.4 is 10.5 Å². The van der Waals surface area contributed by atoms with E-state index in [4.69, 9.17) is 25.0 Å². The molecule has 1 saturated heterocycles. The fraction of sp³-hybridized carbons (Fsp3) is 0.615. The number of aromatic nitrogens is 4. The van der Waals surface area contributed by atoms with Crippen molar-refractivity contribution in [2.75, 3.05) is 18.9 Å². The fourth-order valence-electron chi connectivity index (χ4n) is 2.84. The average Bonchev–Trinajstić information content (AvgIpc) is 3.05. The lowest BCUT2D eigenvalue weighted by molar-refractivity contribution is -0.0560. The number of hydrogen-bond acceptors (Lipinski definition) is 9. The lowest BCUT2D eigenvalue weighted by Gasteiger charge is -2.24. The van der Waals surface area contributed by atoms with E-state index in [0.717, 1.165) is 6.92 Å². The number of ether oxygens (including phenoxy) is 2. The number of alkyl halides is 1. The Bertz CT molecular complexity index is 887. The van der Waals surface area contributed by atoms with Crippen LogP contribution in [-0.2, 0) is 13.8 Å². The van der Waals surface area contributed by atoms with Crippen LogP contribution in [0.4, 0.5) is 10.3 Å². The lowest BCUT2D eigenvalue weighted by atomic mass is 9.98. The highest BCUT2D eigenvalue weighted by Gasteiger charge is 2.55. The van der Waals surface area contributed by atoms with Crippen LogP contribution in [0.2, 0.25) is 0 Å². The van der Waals surface area contributed by atoms with Crippen molar-refractivity contribution in [3.05, 3.63) is 6.33 Å². The Balaban J connectivity index is 1.97. The summed E-state index contributed by atoms with van der Waals surface area (Å²) in [4.78, 5) is 29.6. The largest absolute Gasteiger partial charge is 0.476 e. The maximum Gasteiger partial charge on any atom is 0.469 e. The molecule has 0 spiro atoms. The zero-order chi connectivity index (χ0) is 20.0. The minimum absolute atomic E-state index is 0.110. The second-order valence-corrected chi connectivity index (χ2v) is 7.29. The number of phosphoric ester groups is 1. The van der Waals surface area contributed by atoms with Crippen LogP contribution in [0.5, 0.6) is 5.88 Å². The Kier molecular flexibility index (Phi) is 5.10. The summed E-state index contributed by atoms with van der Waals surface area (Å²) >= 11 is 0. The summed E-state index contributed by atoms with van der Waals surface area (Å²) in [5.74, 6) is -0.0209. The molecule has 27 heavy (non-hydrogen) atoms. The Morgan fingerprint density at radius 1 is 1.48 bits per heavy atom. The zero-order valence-electron chi connectivity index (χ0n) is 14.4. The molecule has 150 valence electrons. The van der Waals surface area contributed by atoms with Crippen LogP contribution in [0, 0.1) is 0 Å². The molecular weight excluding hydrogens is 388 g/mol. The third-order valence-electron chi connectivity index (χ3n) is 4.06. The van der Waals surface area contributed by atoms with Gasteiger partial charge in [-0.1, -0.05) is 0 Å². The first-order chi connectivity index (χ1) is 12.5. The third-order valence-corrected chi connectivity index (χ3v) is 4.55. The molecule has 1 fully saturated rings. The molecule has 0 aromatic carbocycles. The predicted molar refractivity (Wildman–Crippen MR) is 88.3 cm³/mol. The summed E-state index contributed by atoms with van der Waals surface area (Å²) in [6.07, 6.45) is -3.24. The van der Waals surface area contributed by atoms with E-state index in [9.17, 15) is 9.67 Å². The SMILES string of the molecule is CCOc1nc(N)nc2c1ncn2[C@@H]1O[C@H](COP(=O)(O)O)[C@@H](O)[C@@]1(C)F. The average molecular weight is 407 g/mol. The number of hydrogen-bond donors (Lipinski definition) is 4. The molecule has 1 aliphatic heterocycles. The van der Waals surface area contributed by atoms with Gasteiger partial charge in [0.15, 0.2) is 23.1 Å². The summed E-state index contributed by atoms with van der Waals surface area (Å²) in [6.45, 7) is 2.40. The van der Waals surface area contributed by atoms with Crippen molar-refractivity contribution in [3.63, 3.8) is 0 Å². The number of nitrogens with two attached hydrogens (primary N) is 1. The van der Waals surface area contributed by atoms with Crippen molar-refractivity contribution in [2.45, 2.75) is 38.0 Å². The van der Waals surface area contributed by atoms with E-state index >= 15 is 4.39 Å². The van der Waals surface area contributed by atoms with Crippen molar-refractivity contribution >= 4 is 24.9 Å². The van der Waals surface area contributed by atoms with Crippen LogP contribution in [0.3, 0.4) is 0 Å². The molecule has 4 atom stereocenters. The number of aliphatic hydroxyl groups excluding tert-OH is 1. The Hall–Kier alpha value is -1.89. The number of imidazole rings is 1. The molecule has 0 amide bonds. The summed E-state index contributed by atoms with van der Waals surface area (Å²) in [5.41, 5.74) is 3.65. The van der Waals surface area contributed by atoms with E-state index in [2.05, 4.69) is 19.5 Å². The number of nitrogens with zero attached hydrogens (tertiary/aromatic N) is 4. The molecule has 0 bridgehead atoms. The lowest BCUT2D eigenvalue weighted by Crippen LogP contribution is -2.40. The summed E-state index contributed by atoms with van der Waals surface area (Å²) < 4.78 is 42.4. The van der Waals surface area contributed by atoms with Crippen molar-refractivity contribution in [3.8, 4) is 5.88 Å². The summed E-state index contributed by atoms with van der Waals surface area (Å²) in [5, 5.41) is 10.2. The van der Waals surface area contributed by atoms with Gasteiger partial charge in [-0.3, -0.25) is 9.09 Å². The number of anilines is 1. The van der Waals surface area contributed by atoms with E-state index in [1.54, 1.807) is 6.92 Å². The van der Waals surface area contributed by atoms with Crippen LogP contribution >= 0.6 is 7.82 Å². The van der Waals surface area contributed by atoms with Gasteiger partial charge in [0.2, 0.25) is 11.8 Å². The quantitative estimate of drug-likeness (QED) is 0.471. The van der Waals surface area contributed by atoms with E-state index < -0.39 is 38.5 Å². The van der Waals surface area contributed by atoms with Gasteiger partial charge in [0.1, 0.15) is 12.2 Å². The maximum absolute atomic E-state index is 15.2. The van der Waals surface area contributed by atoms with Gasteiger partial charge in [-0.2, -0.15) is 9.97 Å². The van der Waals surface area contributed by atoms with Crippen molar-refractivity contribution in [1.82, 2.24) is 19.5 Å². The third kappa shape index (κ3) is 3.74. The molecule has 3 rings (SSSR count). The molecule has 14 heteroatoms. The molecule has 0 unspecified atom stereocenters. The van der Waals surface area contributed by atoms with Crippen LogP contribution in [0.25, 0.3) is 11.2 Å². The summed E-state index contributed by atoms with van der Waals surface area (Å²) in [7, 11) is -4.81. The Morgan fingerprint density at radius 3 is 2.81 bits per heavy atom. The van der Waals surface area contributed by atoms with Gasteiger partial charge in [0, 0.05) is 0 Å². The Morgan fingerprint density at radius 2 is 2.19 bits per heavy atom. The smallest absolute Gasteiger partial charge is 0.469 e. The van der Waals surface area contributed by atoms with Gasteiger partial charge in [-0.05, 0) is 13.8 Å². The normalized spacial score (nSPS) is 28.7. The first-order valence-corrected chi connectivity index (χ1v) is 9.43. The number of aliphatic hydroxyl groups is 1. The van der Waals surface area contributed by atoms with E-state index in [1.165, 1.54) is 10.9 Å². The number of nitrogen functional groups attached to an aromatic ring is 1. The molecule has 2 aromatic heterocycles. The number of halogens is 1. The number of fused-ring (bicyclic) bond motifs is 1. The first-order valence-electron chi connectivity index (χ1n) is 7.90. The second kappa shape index (κ2) is 6.93. The van der Waals surface area contributed by atoms with E-state index in [-0.39, 0.29) is 23.0 Å². The second-order valence-electron chi connectivity index (χ2n) is 6.05. The van der Waals surface area contributed by atoms with Crippen molar-refractivity contribution in [1.29, 1.82) is 0 Å². The highest BCUT2D eigenvalue weighted by Crippen LogP contribution is 2.44. The molecular formula is C13H19FN5O7P. The minimum Gasteiger partial charge on any atom is -0.476 e. The van der Waals surface area contributed by atoms with Crippen molar-refractivity contribution < 1.29 is 37.8 Å². The highest BCUT2D eigenvalue weighted by atomic mass is 31.2. The van der Waals surface area contributed by atoms with Crippen LogP contribution in [0.15, 0.2) is 6.33 Å². The molecule has 0 aliphatic carbocycles. The standard InChI is InChI=1S/C13H19FN5O7P/c1-3-24-10-7-9(17-12(15)18-10)19(5-16-7)11-13(2,14)8(20)6(26-11)4-25-27(21,22)23/h5-6,8,11,20H,3-4H2,1-2H3,(H2,15,17,18)(H2,21,22,23)/t6-,8-,11-,13-/m1/s1. The highest BCUT2D eigenvalue weighted by molar-refractivity contribution is 7.46. The Labute approximate surface area is 152 Å². The van der Waals surface area contributed by atoms with Gasteiger partial charge >= 0.3 is 7.82 Å². The van der Waals surface area contributed by atoms with Gasteiger partial charge in [-0.25, -0.2) is 13.9 Å². The fourth-order valence-corrected chi connectivity index (χ4v) is 3.18. The zero-order valence-corrected chi connectivity index (χ0v) is 15.3. The van der Waals surface area contributed by atoms with E-state index in [0.29, 0.717) is 6.61 Å². The van der Waals surface area contributed by atoms with E-state index in [1.807, 2.05) is 0 Å². The molecule has 3 heterocycles. The topological polar surface area (TPSA) is 175 Å². The molecule has 5 N–H and O–H groups in total.